The highest BCUT2D eigenvalue weighted by Crippen LogP contribution is 2.41. The zero-order valence-corrected chi connectivity index (χ0v) is 12.9. The van der Waals surface area contributed by atoms with Gasteiger partial charge in [0.15, 0.2) is 0 Å². The smallest absolute Gasteiger partial charge is 0.133 e. The molecule has 0 aromatic rings. The molecular weight excluding hydrogens is 220 g/mol. The van der Waals surface area contributed by atoms with Gasteiger partial charge < -0.3 is 0 Å². The first-order valence-corrected chi connectivity index (χ1v) is 7.53. The lowest BCUT2D eigenvalue weighted by Crippen LogP contribution is -2.33. The lowest BCUT2D eigenvalue weighted by molar-refractivity contribution is -0.123. The monoisotopic (exact) mass is 250 g/mol. The molecule has 0 saturated heterocycles. The number of Topliss-reactive ketones (excluding diaryl/α,β-unsaturated/α-hetero) is 1. The first-order chi connectivity index (χ1) is 8.34. The predicted octanol–water partition coefficient (Wildman–Crippen LogP) is 5.15. The molecule has 1 aliphatic rings. The van der Waals surface area contributed by atoms with E-state index in [0.29, 0.717) is 23.0 Å². The first-order valence-electron chi connectivity index (χ1n) is 7.53. The predicted molar refractivity (Wildman–Crippen MR) is 78.6 cm³/mol. The fraction of sp³-hybridized carbons (Fsp3) is 0.824. The molecule has 0 bridgehead atoms. The Bertz CT molecular complexity index is 306. The maximum Gasteiger partial charge on any atom is 0.133 e. The van der Waals surface area contributed by atoms with Gasteiger partial charge in [-0.1, -0.05) is 45.8 Å². The molecule has 0 aliphatic heterocycles. The summed E-state index contributed by atoms with van der Waals surface area (Å²) in [5.41, 5.74) is 1.79. The van der Waals surface area contributed by atoms with Crippen molar-refractivity contribution in [2.45, 2.75) is 73.1 Å². The molecule has 1 aliphatic carbocycles. The van der Waals surface area contributed by atoms with Crippen LogP contribution in [-0.2, 0) is 4.79 Å². The number of hydrogen-bond acceptors (Lipinski definition) is 1. The molecule has 2 atom stereocenters. The van der Waals surface area contributed by atoms with E-state index in [1.54, 1.807) is 0 Å². The van der Waals surface area contributed by atoms with Gasteiger partial charge in [-0.25, -0.2) is 0 Å². The van der Waals surface area contributed by atoms with Crippen molar-refractivity contribution in [3.63, 3.8) is 0 Å². The third-order valence-electron chi connectivity index (χ3n) is 4.25. The van der Waals surface area contributed by atoms with Gasteiger partial charge in [0.05, 0.1) is 0 Å². The second kappa shape index (κ2) is 6.54. The van der Waals surface area contributed by atoms with E-state index in [1.807, 2.05) is 0 Å². The molecule has 0 N–H and O–H groups in total. The molecule has 0 heterocycles. The van der Waals surface area contributed by atoms with Crippen molar-refractivity contribution in [1.29, 1.82) is 0 Å². The molecule has 1 fully saturated rings. The Morgan fingerprint density at radius 1 is 1.39 bits per heavy atom. The van der Waals surface area contributed by atoms with Crippen LogP contribution in [0.1, 0.15) is 73.1 Å². The van der Waals surface area contributed by atoms with Crippen molar-refractivity contribution < 1.29 is 4.79 Å². The largest absolute Gasteiger partial charge is 0.300 e. The van der Waals surface area contributed by atoms with E-state index < -0.39 is 0 Å². The van der Waals surface area contributed by atoms with E-state index >= 15 is 0 Å². The summed E-state index contributed by atoms with van der Waals surface area (Å²) in [7, 11) is 0. The summed E-state index contributed by atoms with van der Waals surface area (Å²) in [6, 6.07) is 0. The Labute approximate surface area is 113 Å². The van der Waals surface area contributed by atoms with Crippen molar-refractivity contribution >= 4 is 5.78 Å². The fourth-order valence-corrected chi connectivity index (χ4v) is 3.19. The van der Waals surface area contributed by atoms with Gasteiger partial charge in [0.1, 0.15) is 5.78 Å². The van der Waals surface area contributed by atoms with Crippen LogP contribution in [0.2, 0.25) is 0 Å². The maximum absolute atomic E-state index is 11.7. The van der Waals surface area contributed by atoms with Crippen LogP contribution in [0, 0.1) is 17.3 Å². The van der Waals surface area contributed by atoms with Crippen molar-refractivity contribution in [1.82, 2.24) is 0 Å². The summed E-state index contributed by atoms with van der Waals surface area (Å²) in [6.07, 6.45) is 8.75. The van der Waals surface area contributed by atoms with E-state index in [-0.39, 0.29) is 0 Å². The average molecular weight is 250 g/mol. The number of carbonyl (C=O) groups excluding carboxylic acids is 1. The van der Waals surface area contributed by atoms with Crippen LogP contribution in [0.3, 0.4) is 0 Å². The van der Waals surface area contributed by atoms with Gasteiger partial charge in [-0.2, -0.15) is 0 Å². The summed E-state index contributed by atoms with van der Waals surface area (Å²) < 4.78 is 0. The van der Waals surface area contributed by atoms with Crippen LogP contribution < -0.4 is 0 Å². The van der Waals surface area contributed by atoms with E-state index in [1.165, 1.54) is 24.8 Å². The van der Waals surface area contributed by atoms with Crippen molar-refractivity contribution in [2.24, 2.45) is 17.3 Å². The van der Waals surface area contributed by atoms with E-state index in [4.69, 9.17) is 0 Å². The Balaban J connectivity index is 2.76. The summed E-state index contributed by atoms with van der Waals surface area (Å²) in [6.45, 7) is 11.4. The normalized spacial score (nSPS) is 26.5. The van der Waals surface area contributed by atoms with Gasteiger partial charge in [-0.3, -0.25) is 4.79 Å². The minimum atomic E-state index is 0.312. The molecule has 0 aromatic heterocycles. The number of allylic oxidation sites excluding steroid dienone is 2. The van der Waals surface area contributed by atoms with Gasteiger partial charge in [0.25, 0.3) is 0 Å². The number of carbonyl (C=O) groups is 1. The second-order valence-electron chi connectivity index (χ2n) is 7.03. The van der Waals surface area contributed by atoms with Crippen molar-refractivity contribution in [3.05, 3.63) is 11.6 Å². The van der Waals surface area contributed by atoms with Gasteiger partial charge in [0.2, 0.25) is 0 Å². The molecular formula is C17H30O. The SMILES string of the molecule is CCCC/C(C)=C/[C@H]1CC(=O)CC[C@@H]1C(C)(C)C. The summed E-state index contributed by atoms with van der Waals surface area (Å²) in [5, 5.41) is 0. The molecule has 1 saturated carbocycles. The number of ketones is 1. The van der Waals surface area contributed by atoms with Gasteiger partial charge >= 0.3 is 0 Å². The van der Waals surface area contributed by atoms with Crippen molar-refractivity contribution in [3.8, 4) is 0 Å². The summed E-state index contributed by atoms with van der Waals surface area (Å²) in [4.78, 5) is 11.7. The van der Waals surface area contributed by atoms with Crippen LogP contribution >= 0.6 is 0 Å². The maximum atomic E-state index is 11.7. The Hall–Kier alpha value is -0.590. The molecule has 1 rings (SSSR count). The molecule has 0 unspecified atom stereocenters. The lowest BCUT2D eigenvalue weighted by atomic mass is 9.66. The number of hydrogen-bond donors (Lipinski definition) is 0. The summed E-state index contributed by atoms with van der Waals surface area (Å²) >= 11 is 0. The first kappa shape index (κ1) is 15.5. The Kier molecular flexibility index (Phi) is 5.62. The number of unbranched alkanes of at least 4 members (excludes halogenated alkanes) is 1. The van der Waals surface area contributed by atoms with Crippen LogP contribution in [0.4, 0.5) is 0 Å². The van der Waals surface area contributed by atoms with Gasteiger partial charge in [-0.05, 0) is 43.4 Å². The minimum absolute atomic E-state index is 0.312. The zero-order valence-electron chi connectivity index (χ0n) is 12.9. The molecule has 1 heteroatoms. The summed E-state index contributed by atoms with van der Waals surface area (Å²) in [5.74, 6) is 1.59. The minimum Gasteiger partial charge on any atom is -0.300 e. The molecule has 0 aromatic carbocycles. The quantitative estimate of drug-likeness (QED) is 0.630. The second-order valence-corrected chi connectivity index (χ2v) is 7.03. The molecule has 1 nitrogen and oxygen atoms in total. The highest BCUT2D eigenvalue weighted by molar-refractivity contribution is 5.79. The van der Waals surface area contributed by atoms with E-state index in [9.17, 15) is 4.79 Å². The standard InChI is InChI=1S/C17H30O/c1-6-7-8-13(2)11-14-12-15(18)9-10-16(14)17(3,4)5/h11,14,16H,6-10,12H2,1-5H3/b13-11+/t14-,16-/m0/s1. The van der Waals surface area contributed by atoms with Crippen LogP contribution in [-0.4, -0.2) is 5.78 Å². The third-order valence-corrected chi connectivity index (χ3v) is 4.25. The topological polar surface area (TPSA) is 17.1 Å². The highest BCUT2D eigenvalue weighted by atomic mass is 16.1. The Morgan fingerprint density at radius 3 is 2.61 bits per heavy atom. The van der Waals surface area contributed by atoms with Crippen LogP contribution in [0.15, 0.2) is 11.6 Å². The third kappa shape index (κ3) is 4.59. The van der Waals surface area contributed by atoms with Crippen LogP contribution in [0.25, 0.3) is 0 Å². The zero-order chi connectivity index (χ0) is 13.8. The van der Waals surface area contributed by atoms with Crippen LogP contribution in [0.5, 0.6) is 0 Å². The van der Waals surface area contributed by atoms with Gasteiger partial charge in [0, 0.05) is 12.8 Å². The molecule has 0 amide bonds. The molecule has 0 radical (unpaired) electrons. The average Bonchev–Trinajstić information content (AvgIpc) is 2.24. The Morgan fingerprint density at radius 2 is 2.06 bits per heavy atom. The molecule has 0 spiro atoms. The lowest BCUT2D eigenvalue weighted by Gasteiger charge is -2.39. The van der Waals surface area contributed by atoms with E-state index in [2.05, 4.69) is 40.7 Å². The number of rotatable bonds is 4. The highest BCUT2D eigenvalue weighted by Gasteiger charge is 2.35. The molecule has 104 valence electrons. The molecule has 18 heavy (non-hydrogen) atoms. The van der Waals surface area contributed by atoms with Gasteiger partial charge in [-0.15, -0.1) is 0 Å². The fourth-order valence-electron chi connectivity index (χ4n) is 3.19. The van der Waals surface area contributed by atoms with E-state index in [0.717, 1.165) is 19.3 Å². The van der Waals surface area contributed by atoms with Crippen molar-refractivity contribution in [2.75, 3.05) is 0 Å².